The second-order valence-corrected chi connectivity index (χ2v) is 10.7. The van der Waals surface area contributed by atoms with Crippen LogP contribution in [0.3, 0.4) is 0 Å². The summed E-state index contributed by atoms with van der Waals surface area (Å²) in [6.45, 7) is 11.7. The van der Waals surface area contributed by atoms with Crippen LogP contribution in [0.25, 0.3) is 0 Å². The largest absolute Gasteiger partial charge is 0.455 e. The third-order valence-corrected chi connectivity index (χ3v) is 7.94. The van der Waals surface area contributed by atoms with Crippen molar-refractivity contribution in [3.63, 3.8) is 0 Å². The van der Waals surface area contributed by atoms with Crippen molar-refractivity contribution in [1.82, 2.24) is 4.31 Å². The Morgan fingerprint density at radius 2 is 1.81 bits per heavy atom. The van der Waals surface area contributed by atoms with E-state index in [1.54, 1.807) is 39.8 Å². The zero-order valence-electron chi connectivity index (χ0n) is 19.0. The fraction of sp³-hybridized carbons (Fsp3) is 0.478. The summed E-state index contributed by atoms with van der Waals surface area (Å²) >= 11 is 0. The molecule has 1 aliphatic carbocycles. The fourth-order valence-electron chi connectivity index (χ4n) is 4.15. The number of amides is 1. The summed E-state index contributed by atoms with van der Waals surface area (Å²) in [5.74, 6) is 0.101. The lowest BCUT2D eigenvalue weighted by molar-refractivity contribution is 0.0898. The standard InChI is InChI=1S/C23H30N2O5S/c1-7-25(8-2)31(28,29)19-11-16(10-9-14(19)3)24-22(27)21-15(4)20-17(26)12-23(5,6)13-18(20)30-21/h9-11H,7-8,12-13H2,1-6H3,(H,24,27). The summed E-state index contributed by atoms with van der Waals surface area (Å²) in [6.07, 6.45) is 0.991. The Balaban J connectivity index is 1.93. The quantitative estimate of drug-likeness (QED) is 0.712. The van der Waals surface area contributed by atoms with E-state index in [1.165, 1.54) is 10.4 Å². The van der Waals surface area contributed by atoms with Gasteiger partial charge in [-0.2, -0.15) is 4.31 Å². The molecule has 0 saturated heterocycles. The number of fused-ring (bicyclic) bond motifs is 1. The molecule has 0 unspecified atom stereocenters. The van der Waals surface area contributed by atoms with Gasteiger partial charge in [0.1, 0.15) is 5.76 Å². The van der Waals surface area contributed by atoms with Crippen molar-refractivity contribution >= 4 is 27.4 Å². The third kappa shape index (κ3) is 4.32. The first-order valence-electron chi connectivity index (χ1n) is 10.5. The van der Waals surface area contributed by atoms with Crippen LogP contribution in [0.1, 0.15) is 71.9 Å². The molecule has 0 bridgehead atoms. The number of aryl methyl sites for hydroxylation is 1. The highest BCUT2D eigenvalue weighted by Crippen LogP contribution is 2.38. The molecule has 0 spiro atoms. The Kier molecular flexibility index (Phi) is 6.17. The molecule has 7 nitrogen and oxygen atoms in total. The maximum Gasteiger partial charge on any atom is 0.291 e. The van der Waals surface area contributed by atoms with Gasteiger partial charge in [-0.05, 0) is 37.0 Å². The predicted octanol–water partition coefficient (Wildman–Crippen LogP) is 4.33. The number of anilines is 1. The van der Waals surface area contributed by atoms with E-state index in [4.69, 9.17) is 4.42 Å². The van der Waals surface area contributed by atoms with Crippen molar-refractivity contribution in [1.29, 1.82) is 0 Å². The fourth-order valence-corrected chi connectivity index (χ4v) is 5.85. The van der Waals surface area contributed by atoms with Gasteiger partial charge in [-0.1, -0.05) is 33.8 Å². The number of nitrogens with zero attached hydrogens (tertiary/aromatic N) is 1. The van der Waals surface area contributed by atoms with Gasteiger partial charge in [0.05, 0.1) is 10.5 Å². The van der Waals surface area contributed by atoms with E-state index in [9.17, 15) is 18.0 Å². The predicted molar refractivity (Wildman–Crippen MR) is 119 cm³/mol. The Morgan fingerprint density at radius 3 is 2.42 bits per heavy atom. The molecule has 0 saturated carbocycles. The Morgan fingerprint density at radius 1 is 1.16 bits per heavy atom. The second kappa shape index (κ2) is 8.24. The van der Waals surface area contributed by atoms with Crippen molar-refractivity contribution in [2.24, 2.45) is 5.41 Å². The Bertz CT molecular complexity index is 1140. The summed E-state index contributed by atoms with van der Waals surface area (Å²) in [5, 5.41) is 2.73. The molecule has 2 aromatic rings. The number of ketones is 1. The summed E-state index contributed by atoms with van der Waals surface area (Å²) < 4.78 is 33.1. The summed E-state index contributed by atoms with van der Waals surface area (Å²) in [7, 11) is -3.67. The van der Waals surface area contributed by atoms with Gasteiger partial charge in [-0.15, -0.1) is 0 Å². The molecule has 1 N–H and O–H groups in total. The average Bonchev–Trinajstić information content (AvgIpc) is 2.99. The van der Waals surface area contributed by atoms with Crippen molar-refractivity contribution in [3.05, 3.63) is 46.4 Å². The maximum atomic E-state index is 13.0. The molecular formula is C23H30N2O5S. The Hall–Kier alpha value is -2.45. The number of carbonyl (C=O) groups excluding carboxylic acids is 2. The average molecular weight is 447 g/mol. The second-order valence-electron chi connectivity index (χ2n) is 8.82. The highest BCUT2D eigenvalue weighted by Gasteiger charge is 2.37. The summed E-state index contributed by atoms with van der Waals surface area (Å²) in [6, 6.07) is 4.78. The van der Waals surface area contributed by atoms with E-state index >= 15 is 0 Å². The third-order valence-electron chi connectivity index (χ3n) is 5.75. The van der Waals surface area contributed by atoms with E-state index < -0.39 is 15.9 Å². The molecule has 1 aromatic heterocycles. The lowest BCUT2D eigenvalue weighted by Gasteiger charge is -2.27. The number of furan rings is 1. The molecule has 0 atom stereocenters. The first kappa shape index (κ1) is 23.2. The number of nitrogens with one attached hydrogen (secondary N) is 1. The number of carbonyl (C=O) groups is 2. The lowest BCUT2D eigenvalue weighted by atomic mass is 9.76. The minimum absolute atomic E-state index is 0.0190. The molecule has 1 heterocycles. The number of sulfonamides is 1. The van der Waals surface area contributed by atoms with Crippen molar-refractivity contribution in [2.45, 2.75) is 59.3 Å². The number of benzene rings is 1. The van der Waals surface area contributed by atoms with Crippen LogP contribution in [0.2, 0.25) is 0 Å². The van der Waals surface area contributed by atoms with Gasteiger partial charge in [0.25, 0.3) is 5.91 Å². The van der Waals surface area contributed by atoms with Crippen LogP contribution in [0.15, 0.2) is 27.5 Å². The van der Waals surface area contributed by atoms with Crippen molar-refractivity contribution in [2.75, 3.05) is 18.4 Å². The highest BCUT2D eigenvalue weighted by atomic mass is 32.2. The molecule has 168 valence electrons. The van der Waals surface area contributed by atoms with Crippen LogP contribution in [0.4, 0.5) is 5.69 Å². The topological polar surface area (TPSA) is 96.7 Å². The highest BCUT2D eigenvalue weighted by molar-refractivity contribution is 7.89. The normalized spacial score (nSPS) is 15.8. The SMILES string of the molecule is CCN(CC)S(=O)(=O)c1cc(NC(=O)c2oc3c(c2C)C(=O)CC(C)(C)C3)ccc1C. The van der Waals surface area contributed by atoms with E-state index in [0.717, 1.165) is 0 Å². The first-order valence-corrected chi connectivity index (χ1v) is 11.9. The van der Waals surface area contributed by atoms with Gasteiger partial charge in [0, 0.05) is 37.2 Å². The Labute approximate surface area is 183 Å². The van der Waals surface area contributed by atoms with Gasteiger partial charge in [0.15, 0.2) is 11.5 Å². The zero-order valence-corrected chi connectivity index (χ0v) is 19.8. The number of hydrogen-bond donors (Lipinski definition) is 1. The van der Waals surface area contributed by atoms with Crippen LogP contribution in [-0.4, -0.2) is 37.5 Å². The summed E-state index contributed by atoms with van der Waals surface area (Å²) in [4.78, 5) is 25.7. The molecule has 3 rings (SSSR count). The van der Waals surface area contributed by atoms with Gasteiger partial charge in [-0.25, -0.2) is 8.42 Å². The van der Waals surface area contributed by atoms with Crippen LogP contribution < -0.4 is 5.32 Å². The number of Topliss-reactive ketones (excluding diaryl/α,β-unsaturated/α-hetero) is 1. The molecule has 0 radical (unpaired) electrons. The molecular weight excluding hydrogens is 416 g/mol. The monoisotopic (exact) mass is 446 g/mol. The van der Waals surface area contributed by atoms with Crippen molar-refractivity contribution in [3.8, 4) is 0 Å². The van der Waals surface area contributed by atoms with E-state index in [1.807, 2.05) is 13.8 Å². The van der Waals surface area contributed by atoms with E-state index in [0.29, 0.717) is 54.1 Å². The first-order chi connectivity index (χ1) is 14.4. The molecule has 0 aliphatic heterocycles. The molecule has 1 aliphatic rings. The lowest BCUT2D eigenvalue weighted by Crippen LogP contribution is -2.31. The van der Waals surface area contributed by atoms with Gasteiger partial charge < -0.3 is 9.73 Å². The number of rotatable bonds is 6. The molecule has 31 heavy (non-hydrogen) atoms. The van der Waals surface area contributed by atoms with Crippen LogP contribution in [0.5, 0.6) is 0 Å². The van der Waals surface area contributed by atoms with Crippen molar-refractivity contribution < 1.29 is 22.4 Å². The smallest absolute Gasteiger partial charge is 0.291 e. The van der Waals surface area contributed by atoms with Crippen LogP contribution in [0, 0.1) is 19.3 Å². The maximum absolute atomic E-state index is 13.0. The zero-order chi connectivity index (χ0) is 23.1. The molecule has 0 fully saturated rings. The van der Waals surface area contributed by atoms with E-state index in [2.05, 4.69) is 5.32 Å². The van der Waals surface area contributed by atoms with Gasteiger partial charge >= 0.3 is 0 Å². The molecule has 8 heteroatoms. The molecule has 1 aromatic carbocycles. The van der Waals surface area contributed by atoms with Crippen LogP contribution in [-0.2, 0) is 16.4 Å². The van der Waals surface area contributed by atoms with E-state index in [-0.39, 0.29) is 21.9 Å². The minimum Gasteiger partial charge on any atom is -0.455 e. The van der Waals surface area contributed by atoms with Crippen LogP contribution >= 0.6 is 0 Å². The minimum atomic E-state index is -3.67. The summed E-state index contributed by atoms with van der Waals surface area (Å²) in [5.41, 5.74) is 1.76. The van der Waals surface area contributed by atoms with Gasteiger partial charge in [-0.3, -0.25) is 9.59 Å². The molecule has 1 amide bonds. The van der Waals surface area contributed by atoms with Gasteiger partial charge in [0.2, 0.25) is 10.0 Å². The number of hydrogen-bond acceptors (Lipinski definition) is 5.